The van der Waals surface area contributed by atoms with E-state index in [1.807, 2.05) is 19.1 Å². The molecular formula is C16H17ClN2O4. The van der Waals surface area contributed by atoms with Crippen molar-refractivity contribution in [2.75, 3.05) is 20.3 Å². The number of hydrogen-bond donors (Lipinski definition) is 0. The second-order valence-electron chi connectivity index (χ2n) is 5.78. The van der Waals surface area contributed by atoms with Crippen molar-refractivity contribution in [1.82, 2.24) is 10.2 Å². The van der Waals surface area contributed by atoms with Crippen LogP contribution in [0, 0.1) is 0 Å². The number of nitrogens with zero attached hydrogens (tertiary/aromatic N) is 2. The molecular weight excluding hydrogens is 320 g/mol. The van der Waals surface area contributed by atoms with Crippen LogP contribution in [0.15, 0.2) is 35.1 Å². The van der Waals surface area contributed by atoms with E-state index >= 15 is 0 Å². The van der Waals surface area contributed by atoms with Crippen LogP contribution >= 0.6 is 11.6 Å². The van der Waals surface area contributed by atoms with Gasteiger partial charge in [0, 0.05) is 5.02 Å². The normalized spacial score (nSPS) is 16.0. The molecule has 1 aromatic carbocycles. The van der Waals surface area contributed by atoms with Gasteiger partial charge in [0.15, 0.2) is 0 Å². The third kappa shape index (κ3) is 3.10. The molecule has 0 unspecified atom stereocenters. The Morgan fingerprint density at radius 2 is 2.09 bits per heavy atom. The molecule has 0 radical (unpaired) electrons. The number of carbonyl (C=O) groups excluding carboxylic acids is 1. The lowest BCUT2D eigenvalue weighted by Gasteiger charge is -2.36. The summed E-state index contributed by atoms with van der Waals surface area (Å²) in [5.41, 5.74) is 1.61. The third-order valence-electron chi connectivity index (χ3n) is 3.90. The summed E-state index contributed by atoms with van der Waals surface area (Å²) >= 11 is 5.87. The summed E-state index contributed by atoms with van der Waals surface area (Å²) in [6, 6.07) is 7.23. The molecule has 2 heterocycles. The summed E-state index contributed by atoms with van der Waals surface area (Å²) < 4.78 is 10.3. The molecule has 0 aliphatic carbocycles. The van der Waals surface area contributed by atoms with Crippen molar-refractivity contribution in [2.24, 2.45) is 0 Å². The average molecular weight is 337 g/mol. The molecule has 3 rings (SSSR count). The first-order valence-electron chi connectivity index (χ1n) is 7.16. The smallest absolute Gasteiger partial charge is 0.282 e. The van der Waals surface area contributed by atoms with Gasteiger partial charge in [-0.25, -0.2) is 5.06 Å². The Labute approximate surface area is 138 Å². The van der Waals surface area contributed by atoms with Gasteiger partial charge in [0.1, 0.15) is 17.5 Å². The number of ether oxygens (including phenoxy) is 1. The molecule has 1 aromatic heterocycles. The van der Waals surface area contributed by atoms with E-state index in [1.54, 1.807) is 12.1 Å². The largest absolute Gasteiger partial charge is 0.379 e. The van der Waals surface area contributed by atoms with Crippen LogP contribution in [-0.2, 0) is 21.5 Å². The van der Waals surface area contributed by atoms with E-state index in [9.17, 15) is 4.79 Å². The molecule has 1 saturated heterocycles. The summed E-state index contributed by atoms with van der Waals surface area (Å²) in [7, 11) is 1.45. The molecule has 1 aliphatic heterocycles. The zero-order chi connectivity index (χ0) is 16.4. The minimum atomic E-state index is -0.299. The highest BCUT2D eigenvalue weighted by molar-refractivity contribution is 6.30. The topological polar surface area (TPSA) is 64.8 Å². The van der Waals surface area contributed by atoms with Crippen LogP contribution in [0.4, 0.5) is 0 Å². The van der Waals surface area contributed by atoms with Crippen molar-refractivity contribution in [3.63, 3.8) is 0 Å². The second-order valence-corrected chi connectivity index (χ2v) is 6.22. The van der Waals surface area contributed by atoms with Crippen LogP contribution in [0.1, 0.15) is 28.5 Å². The lowest BCUT2D eigenvalue weighted by molar-refractivity contribution is -0.102. The van der Waals surface area contributed by atoms with Crippen LogP contribution in [0.25, 0.3) is 0 Å². The number of rotatable bonds is 5. The highest BCUT2D eigenvalue weighted by Crippen LogP contribution is 2.33. The van der Waals surface area contributed by atoms with Crippen LogP contribution < -0.4 is 0 Å². The first-order valence-corrected chi connectivity index (χ1v) is 7.54. The molecule has 0 bridgehead atoms. The first kappa shape index (κ1) is 16.0. The van der Waals surface area contributed by atoms with Gasteiger partial charge in [-0.3, -0.25) is 9.63 Å². The van der Waals surface area contributed by atoms with Crippen LogP contribution in [0.3, 0.4) is 0 Å². The van der Waals surface area contributed by atoms with Gasteiger partial charge in [-0.05, 0) is 24.6 Å². The van der Waals surface area contributed by atoms with Crippen LogP contribution in [0.5, 0.6) is 0 Å². The van der Waals surface area contributed by atoms with Gasteiger partial charge < -0.3 is 9.26 Å². The summed E-state index contributed by atoms with van der Waals surface area (Å²) in [6.45, 7) is 3.32. The van der Waals surface area contributed by atoms with Gasteiger partial charge in [0.05, 0.1) is 32.3 Å². The summed E-state index contributed by atoms with van der Waals surface area (Å²) in [4.78, 5) is 18.0. The zero-order valence-electron chi connectivity index (χ0n) is 12.9. The van der Waals surface area contributed by atoms with Gasteiger partial charge >= 0.3 is 0 Å². The quantitative estimate of drug-likeness (QED) is 0.785. The monoisotopic (exact) mass is 336 g/mol. The lowest BCUT2D eigenvalue weighted by Crippen LogP contribution is -2.45. The van der Waals surface area contributed by atoms with E-state index in [-0.39, 0.29) is 11.3 Å². The molecule has 0 atom stereocenters. The van der Waals surface area contributed by atoms with Crippen molar-refractivity contribution in [2.45, 2.75) is 18.9 Å². The number of aromatic nitrogens is 1. The van der Waals surface area contributed by atoms with E-state index in [0.29, 0.717) is 36.0 Å². The average Bonchev–Trinajstić information content (AvgIpc) is 3.01. The molecule has 2 aromatic rings. The molecule has 122 valence electrons. The lowest BCUT2D eigenvalue weighted by atomic mass is 9.83. The van der Waals surface area contributed by atoms with Crippen molar-refractivity contribution >= 4 is 17.5 Å². The van der Waals surface area contributed by atoms with Gasteiger partial charge in [-0.2, -0.15) is 0 Å². The van der Waals surface area contributed by atoms with Crippen LogP contribution in [-0.4, -0.2) is 36.5 Å². The number of carbonyl (C=O) groups is 1. The van der Waals surface area contributed by atoms with Crippen molar-refractivity contribution in [3.05, 3.63) is 52.4 Å². The van der Waals surface area contributed by atoms with E-state index < -0.39 is 0 Å². The molecule has 7 heteroatoms. The summed E-state index contributed by atoms with van der Waals surface area (Å²) in [6.07, 6.45) is 1.36. The van der Waals surface area contributed by atoms with Crippen molar-refractivity contribution in [1.29, 1.82) is 0 Å². The Hall–Kier alpha value is -1.89. The summed E-state index contributed by atoms with van der Waals surface area (Å²) in [5.74, 6) is -0.299. The van der Waals surface area contributed by atoms with E-state index in [4.69, 9.17) is 25.7 Å². The Morgan fingerprint density at radius 3 is 2.65 bits per heavy atom. The molecule has 0 N–H and O–H groups in total. The number of benzene rings is 1. The molecule has 0 saturated carbocycles. The maximum atomic E-state index is 12.7. The predicted octanol–water partition coefficient (Wildman–Crippen LogP) is 2.82. The minimum Gasteiger partial charge on any atom is -0.379 e. The molecule has 23 heavy (non-hydrogen) atoms. The molecule has 6 nitrogen and oxygen atoms in total. The number of hydrogen-bond acceptors (Lipinski definition) is 5. The van der Waals surface area contributed by atoms with Gasteiger partial charge in [0.25, 0.3) is 5.91 Å². The first-order chi connectivity index (χ1) is 11.0. The number of hydroxylamine groups is 2. The van der Waals surface area contributed by atoms with Gasteiger partial charge in [-0.1, -0.05) is 28.9 Å². The molecule has 1 aliphatic rings. The maximum Gasteiger partial charge on any atom is 0.282 e. The highest BCUT2D eigenvalue weighted by atomic mass is 35.5. The fourth-order valence-electron chi connectivity index (χ4n) is 2.48. The van der Waals surface area contributed by atoms with Gasteiger partial charge in [-0.15, -0.1) is 0 Å². The minimum absolute atomic E-state index is 0.294. The third-order valence-corrected chi connectivity index (χ3v) is 4.15. The Balaban J connectivity index is 1.80. The van der Waals surface area contributed by atoms with Crippen molar-refractivity contribution in [3.8, 4) is 0 Å². The fraction of sp³-hybridized carbons (Fsp3) is 0.375. The molecule has 1 fully saturated rings. The van der Waals surface area contributed by atoms with E-state index in [0.717, 1.165) is 5.56 Å². The van der Waals surface area contributed by atoms with E-state index in [1.165, 1.54) is 18.4 Å². The SMILES string of the molecule is CON(Cc1ccc(Cl)cc1)C(=O)c1conc1C1(C)COC1. The second kappa shape index (κ2) is 6.31. The molecule has 0 spiro atoms. The zero-order valence-corrected chi connectivity index (χ0v) is 13.7. The predicted molar refractivity (Wildman–Crippen MR) is 83.0 cm³/mol. The highest BCUT2D eigenvalue weighted by Gasteiger charge is 2.42. The fourth-order valence-corrected chi connectivity index (χ4v) is 2.60. The van der Waals surface area contributed by atoms with E-state index in [2.05, 4.69) is 5.16 Å². The van der Waals surface area contributed by atoms with Gasteiger partial charge in [0.2, 0.25) is 0 Å². The summed E-state index contributed by atoms with van der Waals surface area (Å²) in [5, 5.41) is 5.90. The maximum absolute atomic E-state index is 12.7. The Morgan fingerprint density at radius 1 is 1.39 bits per heavy atom. The Kier molecular flexibility index (Phi) is 4.39. The molecule has 1 amide bonds. The van der Waals surface area contributed by atoms with Crippen LogP contribution in [0.2, 0.25) is 5.02 Å². The standard InChI is InChI=1S/C16H17ClN2O4/c1-16(9-22-10-16)14-13(8-23-18-14)15(20)19(21-2)7-11-3-5-12(17)6-4-11/h3-6,8H,7,9-10H2,1-2H3. The number of amides is 1. The van der Waals surface area contributed by atoms with Crippen molar-refractivity contribution < 1.29 is 18.9 Å². The Bertz CT molecular complexity index is 694. The number of halogens is 1.